The fraction of sp³-hybridized carbons (Fsp3) is 0.308. The van der Waals surface area contributed by atoms with Gasteiger partial charge >= 0.3 is 0 Å². The molecule has 0 spiro atoms. The highest BCUT2D eigenvalue weighted by Crippen LogP contribution is 2.23. The summed E-state index contributed by atoms with van der Waals surface area (Å²) in [6.45, 7) is 2.90. The van der Waals surface area contributed by atoms with Crippen LogP contribution in [0.1, 0.15) is 16.3 Å². The van der Waals surface area contributed by atoms with Gasteiger partial charge in [0.15, 0.2) is 0 Å². The number of hydrogen-bond donors (Lipinski definition) is 0. The van der Waals surface area contributed by atoms with Crippen molar-refractivity contribution >= 4 is 33.0 Å². The molecule has 1 aromatic heterocycles. The summed E-state index contributed by atoms with van der Waals surface area (Å²) < 4.78 is 0. The van der Waals surface area contributed by atoms with Gasteiger partial charge in [-0.1, -0.05) is 34.1 Å². The molecule has 0 atom stereocenters. The molecule has 90 valence electrons. The maximum atomic E-state index is 4.50. The average molecular weight is 311 g/mol. The topological polar surface area (TPSA) is 16.1 Å². The van der Waals surface area contributed by atoms with Gasteiger partial charge in [0.05, 0.1) is 17.2 Å². The molecule has 0 radical (unpaired) electrons. The second-order valence-corrected chi connectivity index (χ2v) is 5.60. The van der Waals surface area contributed by atoms with E-state index in [9.17, 15) is 0 Å². The van der Waals surface area contributed by atoms with Crippen molar-refractivity contribution in [1.29, 1.82) is 0 Å². The van der Waals surface area contributed by atoms with Crippen molar-refractivity contribution in [2.45, 2.75) is 18.8 Å². The van der Waals surface area contributed by atoms with Gasteiger partial charge < -0.3 is 4.90 Å². The second kappa shape index (κ2) is 5.65. The van der Waals surface area contributed by atoms with E-state index in [1.165, 1.54) is 11.3 Å². The number of alkyl halides is 1. The number of para-hydroxylation sites is 1. The van der Waals surface area contributed by atoms with Crippen LogP contribution >= 0.6 is 27.3 Å². The smallest absolute Gasteiger partial charge is 0.0898 e. The summed E-state index contributed by atoms with van der Waals surface area (Å²) in [5.41, 5.74) is 3.70. The first-order valence-electron chi connectivity index (χ1n) is 5.46. The maximum absolute atomic E-state index is 4.50. The lowest BCUT2D eigenvalue weighted by atomic mass is 10.2. The number of aromatic nitrogens is 1. The van der Waals surface area contributed by atoms with Gasteiger partial charge in [-0.05, 0) is 18.6 Å². The number of thiazole rings is 1. The Kier molecular flexibility index (Phi) is 4.18. The van der Waals surface area contributed by atoms with Crippen molar-refractivity contribution in [2.24, 2.45) is 0 Å². The molecule has 2 nitrogen and oxygen atoms in total. The Labute approximate surface area is 114 Å². The van der Waals surface area contributed by atoms with Crippen LogP contribution in [-0.2, 0) is 11.9 Å². The zero-order valence-corrected chi connectivity index (χ0v) is 12.4. The van der Waals surface area contributed by atoms with Gasteiger partial charge in [0.25, 0.3) is 0 Å². The van der Waals surface area contributed by atoms with E-state index in [4.69, 9.17) is 0 Å². The molecule has 0 aliphatic rings. The van der Waals surface area contributed by atoms with Crippen LogP contribution in [0.15, 0.2) is 29.6 Å². The number of aryl methyl sites for hydroxylation is 1. The van der Waals surface area contributed by atoms with Gasteiger partial charge in [-0.25, -0.2) is 4.98 Å². The summed E-state index contributed by atoms with van der Waals surface area (Å²) in [7, 11) is 2.11. The van der Waals surface area contributed by atoms with Crippen LogP contribution in [0, 0.1) is 6.92 Å². The van der Waals surface area contributed by atoms with E-state index >= 15 is 0 Å². The SMILES string of the molecule is Cc1nc(CN(C)c2ccccc2CBr)cs1. The lowest BCUT2D eigenvalue weighted by Gasteiger charge is -2.20. The predicted octanol–water partition coefficient (Wildman–Crippen LogP) is 3.98. The van der Waals surface area contributed by atoms with Gasteiger partial charge in [-0.15, -0.1) is 11.3 Å². The van der Waals surface area contributed by atoms with E-state index in [2.05, 4.69) is 62.5 Å². The monoisotopic (exact) mass is 310 g/mol. The largest absolute Gasteiger partial charge is 0.368 e. The van der Waals surface area contributed by atoms with Crippen molar-refractivity contribution in [3.63, 3.8) is 0 Å². The highest BCUT2D eigenvalue weighted by molar-refractivity contribution is 9.08. The molecule has 2 rings (SSSR count). The molecule has 0 bridgehead atoms. The van der Waals surface area contributed by atoms with Gasteiger partial charge in [0.1, 0.15) is 0 Å². The van der Waals surface area contributed by atoms with Crippen LogP contribution in [0.2, 0.25) is 0 Å². The minimum atomic E-state index is 0.856. The standard InChI is InChI=1S/C13H15BrN2S/c1-10-15-12(9-17-10)8-16(2)13-6-4-3-5-11(13)7-14/h3-6,9H,7-8H2,1-2H3. The van der Waals surface area contributed by atoms with E-state index in [0.29, 0.717) is 0 Å². The van der Waals surface area contributed by atoms with Crippen LogP contribution in [0.3, 0.4) is 0 Å². The quantitative estimate of drug-likeness (QED) is 0.794. The molecule has 2 aromatic rings. The minimum absolute atomic E-state index is 0.856. The molecule has 17 heavy (non-hydrogen) atoms. The molecular formula is C13H15BrN2S. The summed E-state index contributed by atoms with van der Waals surface area (Å²) in [5.74, 6) is 0. The Morgan fingerprint density at radius 1 is 1.35 bits per heavy atom. The zero-order valence-electron chi connectivity index (χ0n) is 9.98. The first-order valence-corrected chi connectivity index (χ1v) is 7.47. The molecule has 0 fully saturated rings. The molecule has 1 heterocycles. The third kappa shape index (κ3) is 3.07. The molecule has 0 N–H and O–H groups in total. The maximum Gasteiger partial charge on any atom is 0.0898 e. The van der Waals surface area contributed by atoms with Gasteiger partial charge in [0, 0.05) is 23.4 Å². The van der Waals surface area contributed by atoms with Crippen molar-refractivity contribution in [1.82, 2.24) is 4.98 Å². The van der Waals surface area contributed by atoms with E-state index < -0.39 is 0 Å². The number of hydrogen-bond acceptors (Lipinski definition) is 3. The average Bonchev–Trinajstić information content (AvgIpc) is 2.74. The highest BCUT2D eigenvalue weighted by Gasteiger charge is 2.08. The summed E-state index contributed by atoms with van der Waals surface area (Å²) in [6, 6.07) is 8.44. The van der Waals surface area contributed by atoms with Crippen LogP contribution < -0.4 is 4.90 Å². The normalized spacial score (nSPS) is 10.5. The fourth-order valence-corrected chi connectivity index (χ4v) is 2.88. The Hall–Kier alpha value is -0.870. The zero-order chi connectivity index (χ0) is 12.3. The molecule has 0 saturated heterocycles. The number of rotatable bonds is 4. The first kappa shape index (κ1) is 12.6. The summed E-state index contributed by atoms with van der Waals surface area (Å²) in [4.78, 5) is 6.74. The molecule has 0 aliphatic carbocycles. The molecule has 1 aromatic carbocycles. The van der Waals surface area contributed by atoms with Crippen molar-refractivity contribution in [3.05, 3.63) is 45.9 Å². The van der Waals surface area contributed by atoms with Crippen molar-refractivity contribution in [3.8, 4) is 0 Å². The van der Waals surface area contributed by atoms with Crippen LogP contribution in [-0.4, -0.2) is 12.0 Å². The van der Waals surface area contributed by atoms with Crippen LogP contribution in [0.25, 0.3) is 0 Å². The van der Waals surface area contributed by atoms with Crippen LogP contribution in [0.4, 0.5) is 5.69 Å². The van der Waals surface area contributed by atoms with E-state index in [1.807, 2.05) is 6.92 Å². The molecule has 0 unspecified atom stereocenters. The van der Waals surface area contributed by atoms with Crippen LogP contribution in [0.5, 0.6) is 0 Å². The minimum Gasteiger partial charge on any atom is -0.368 e. The van der Waals surface area contributed by atoms with Crippen molar-refractivity contribution in [2.75, 3.05) is 11.9 Å². The predicted molar refractivity (Wildman–Crippen MR) is 78.0 cm³/mol. The third-order valence-electron chi connectivity index (χ3n) is 2.61. The Bertz CT molecular complexity index is 496. The molecule has 4 heteroatoms. The summed E-state index contributed by atoms with van der Waals surface area (Å²) in [5, 5.41) is 4.13. The Balaban J connectivity index is 2.16. The van der Waals surface area contributed by atoms with Gasteiger partial charge in [0.2, 0.25) is 0 Å². The van der Waals surface area contributed by atoms with E-state index in [-0.39, 0.29) is 0 Å². The molecular weight excluding hydrogens is 296 g/mol. The lowest BCUT2D eigenvalue weighted by Crippen LogP contribution is -2.17. The fourth-order valence-electron chi connectivity index (χ4n) is 1.81. The summed E-state index contributed by atoms with van der Waals surface area (Å²) in [6.07, 6.45) is 0. The Morgan fingerprint density at radius 3 is 2.76 bits per heavy atom. The van der Waals surface area contributed by atoms with Crippen molar-refractivity contribution < 1.29 is 0 Å². The number of halogens is 1. The van der Waals surface area contributed by atoms with E-state index in [1.54, 1.807) is 11.3 Å². The molecule has 0 aliphatic heterocycles. The Morgan fingerprint density at radius 2 is 2.12 bits per heavy atom. The lowest BCUT2D eigenvalue weighted by molar-refractivity contribution is 0.885. The van der Waals surface area contributed by atoms with Gasteiger partial charge in [-0.3, -0.25) is 0 Å². The third-order valence-corrected chi connectivity index (χ3v) is 4.04. The molecule has 0 saturated carbocycles. The van der Waals surface area contributed by atoms with Gasteiger partial charge in [-0.2, -0.15) is 0 Å². The van der Waals surface area contributed by atoms with E-state index in [0.717, 1.165) is 22.6 Å². The molecule has 0 amide bonds. The number of benzene rings is 1. The number of anilines is 1. The summed E-state index contributed by atoms with van der Waals surface area (Å²) >= 11 is 5.23. The second-order valence-electron chi connectivity index (χ2n) is 3.98. The number of nitrogens with zero attached hydrogens (tertiary/aromatic N) is 2. The first-order chi connectivity index (χ1) is 8.20. The highest BCUT2D eigenvalue weighted by atomic mass is 79.9.